The number of para-hydroxylation sites is 1. The standard InChI is InChI=1S/C14H17N3O4/c1-3-10-6-4-5-7-11(10)17-13(19)9(2)16-12(18)8-21-14(15)20/h3-7,9H,1,8H2,2H3,(H2,15,20)(H,16,18)(H,17,19)/t9-/m1/s1. The second-order valence-corrected chi connectivity index (χ2v) is 4.18. The topological polar surface area (TPSA) is 111 Å². The van der Waals surface area contributed by atoms with Gasteiger partial charge in [-0.05, 0) is 18.6 Å². The lowest BCUT2D eigenvalue weighted by molar-refractivity contribution is -0.128. The number of primary amides is 1. The van der Waals surface area contributed by atoms with Gasteiger partial charge >= 0.3 is 6.09 Å². The summed E-state index contributed by atoms with van der Waals surface area (Å²) in [5.74, 6) is -1.02. The number of carbonyl (C=O) groups is 3. The molecule has 3 amide bonds. The first-order valence-electron chi connectivity index (χ1n) is 6.18. The number of nitrogens with two attached hydrogens (primary N) is 1. The fourth-order valence-electron chi connectivity index (χ4n) is 1.52. The third kappa shape index (κ3) is 5.35. The van der Waals surface area contributed by atoms with Gasteiger partial charge in [0.05, 0.1) is 0 Å². The number of anilines is 1. The predicted octanol–water partition coefficient (Wildman–Crippen LogP) is 0.868. The van der Waals surface area contributed by atoms with E-state index in [2.05, 4.69) is 21.9 Å². The van der Waals surface area contributed by atoms with Gasteiger partial charge in [-0.2, -0.15) is 0 Å². The molecule has 1 aromatic rings. The molecular formula is C14H17N3O4. The summed E-state index contributed by atoms with van der Waals surface area (Å²) in [6, 6.07) is 6.31. The molecule has 0 saturated heterocycles. The van der Waals surface area contributed by atoms with Crippen molar-refractivity contribution >= 4 is 29.7 Å². The zero-order valence-corrected chi connectivity index (χ0v) is 11.6. The van der Waals surface area contributed by atoms with Crippen LogP contribution in [0.2, 0.25) is 0 Å². The summed E-state index contributed by atoms with van der Waals surface area (Å²) < 4.78 is 4.32. The Morgan fingerprint density at radius 2 is 2.05 bits per heavy atom. The summed E-state index contributed by atoms with van der Waals surface area (Å²) in [4.78, 5) is 33.7. The average molecular weight is 291 g/mol. The molecule has 0 radical (unpaired) electrons. The number of benzene rings is 1. The molecule has 0 fully saturated rings. The average Bonchev–Trinajstić information content (AvgIpc) is 2.45. The maximum Gasteiger partial charge on any atom is 0.405 e. The van der Waals surface area contributed by atoms with E-state index < -0.39 is 30.6 Å². The molecule has 0 spiro atoms. The highest BCUT2D eigenvalue weighted by Gasteiger charge is 2.17. The van der Waals surface area contributed by atoms with Crippen LogP contribution < -0.4 is 16.4 Å². The Labute approximate surface area is 122 Å². The molecule has 112 valence electrons. The van der Waals surface area contributed by atoms with Crippen LogP contribution in [-0.4, -0.2) is 30.6 Å². The van der Waals surface area contributed by atoms with Crippen LogP contribution in [0, 0.1) is 0 Å². The number of amides is 3. The van der Waals surface area contributed by atoms with Crippen molar-refractivity contribution in [1.29, 1.82) is 0 Å². The van der Waals surface area contributed by atoms with Crippen molar-refractivity contribution in [3.63, 3.8) is 0 Å². The summed E-state index contributed by atoms with van der Waals surface area (Å²) in [6.45, 7) is 4.63. The molecule has 1 atom stereocenters. The number of carbonyl (C=O) groups excluding carboxylic acids is 3. The van der Waals surface area contributed by atoms with Crippen LogP contribution in [0.25, 0.3) is 6.08 Å². The monoisotopic (exact) mass is 291 g/mol. The molecule has 4 N–H and O–H groups in total. The van der Waals surface area contributed by atoms with Crippen LogP contribution in [0.1, 0.15) is 12.5 Å². The zero-order valence-electron chi connectivity index (χ0n) is 11.6. The highest BCUT2D eigenvalue weighted by molar-refractivity contribution is 5.98. The first-order valence-corrected chi connectivity index (χ1v) is 6.18. The van der Waals surface area contributed by atoms with Crippen LogP contribution in [0.5, 0.6) is 0 Å². The molecule has 0 heterocycles. The maximum atomic E-state index is 12.0. The third-order valence-corrected chi connectivity index (χ3v) is 2.55. The molecule has 0 aliphatic rings. The van der Waals surface area contributed by atoms with Gasteiger partial charge in [0.25, 0.3) is 5.91 Å². The molecule has 21 heavy (non-hydrogen) atoms. The van der Waals surface area contributed by atoms with Gasteiger partial charge in [0.2, 0.25) is 5.91 Å². The number of hydrogen-bond acceptors (Lipinski definition) is 4. The van der Waals surface area contributed by atoms with Crippen molar-refractivity contribution in [3.8, 4) is 0 Å². The zero-order chi connectivity index (χ0) is 15.8. The van der Waals surface area contributed by atoms with Crippen molar-refractivity contribution < 1.29 is 19.1 Å². The number of nitrogens with one attached hydrogen (secondary N) is 2. The second-order valence-electron chi connectivity index (χ2n) is 4.18. The molecule has 1 rings (SSSR count). The third-order valence-electron chi connectivity index (χ3n) is 2.55. The van der Waals surface area contributed by atoms with Gasteiger partial charge in [-0.1, -0.05) is 30.9 Å². The lowest BCUT2D eigenvalue weighted by Crippen LogP contribution is -2.43. The quantitative estimate of drug-likeness (QED) is 0.722. The van der Waals surface area contributed by atoms with Crippen molar-refractivity contribution in [2.75, 3.05) is 11.9 Å². The fourth-order valence-corrected chi connectivity index (χ4v) is 1.52. The number of ether oxygens (including phenoxy) is 1. The van der Waals surface area contributed by atoms with Crippen LogP contribution in [0.15, 0.2) is 30.8 Å². The summed E-state index contributed by atoms with van der Waals surface area (Å²) in [7, 11) is 0. The molecule has 7 heteroatoms. The largest absolute Gasteiger partial charge is 0.440 e. The van der Waals surface area contributed by atoms with E-state index in [4.69, 9.17) is 5.73 Å². The minimum atomic E-state index is -1.05. The SMILES string of the molecule is C=Cc1ccccc1NC(=O)[C@@H](C)NC(=O)COC(N)=O. The summed E-state index contributed by atoms with van der Waals surface area (Å²) in [6.07, 6.45) is 0.557. The van der Waals surface area contributed by atoms with Gasteiger partial charge in [0.15, 0.2) is 6.61 Å². The molecule has 0 aliphatic heterocycles. The Hall–Kier alpha value is -2.83. The van der Waals surface area contributed by atoms with E-state index in [0.29, 0.717) is 5.69 Å². The Morgan fingerprint density at radius 3 is 2.67 bits per heavy atom. The van der Waals surface area contributed by atoms with Gasteiger partial charge in [-0.25, -0.2) is 4.79 Å². The van der Waals surface area contributed by atoms with E-state index in [9.17, 15) is 14.4 Å². The van der Waals surface area contributed by atoms with Gasteiger partial charge in [0.1, 0.15) is 6.04 Å². The Bertz CT molecular complexity index is 557. The first-order chi connectivity index (χ1) is 9.93. The second kappa shape index (κ2) is 7.68. The number of rotatable bonds is 6. The van der Waals surface area contributed by atoms with Crippen LogP contribution in [0.4, 0.5) is 10.5 Å². The molecule has 0 saturated carbocycles. The van der Waals surface area contributed by atoms with Gasteiger partial charge in [-0.15, -0.1) is 0 Å². The van der Waals surface area contributed by atoms with Gasteiger partial charge in [-0.3, -0.25) is 9.59 Å². The summed E-state index contributed by atoms with van der Waals surface area (Å²) in [5, 5.41) is 5.06. The van der Waals surface area contributed by atoms with E-state index in [1.54, 1.807) is 24.3 Å². The van der Waals surface area contributed by atoms with Crippen molar-refractivity contribution in [3.05, 3.63) is 36.4 Å². The molecule has 0 bridgehead atoms. The van der Waals surface area contributed by atoms with Gasteiger partial charge in [0, 0.05) is 5.69 Å². The van der Waals surface area contributed by atoms with E-state index in [1.807, 2.05) is 6.07 Å². The van der Waals surface area contributed by atoms with E-state index in [-0.39, 0.29) is 0 Å². The van der Waals surface area contributed by atoms with E-state index in [1.165, 1.54) is 6.92 Å². The Balaban J connectivity index is 2.56. The summed E-state index contributed by atoms with van der Waals surface area (Å²) in [5.41, 5.74) is 6.09. The van der Waals surface area contributed by atoms with E-state index >= 15 is 0 Å². The Kier molecular flexibility index (Phi) is 5.94. The summed E-state index contributed by atoms with van der Waals surface area (Å²) >= 11 is 0. The predicted molar refractivity (Wildman–Crippen MR) is 78.3 cm³/mol. The lowest BCUT2D eigenvalue weighted by atomic mass is 10.1. The van der Waals surface area contributed by atoms with Crippen molar-refractivity contribution in [2.24, 2.45) is 5.73 Å². The molecule has 0 unspecified atom stereocenters. The minimum absolute atomic E-state index is 0.406. The molecular weight excluding hydrogens is 274 g/mol. The van der Waals surface area contributed by atoms with E-state index in [0.717, 1.165) is 5.56 Å². The number of hydrogen-bond donors (Lipinski definition) is 3. The van der Waals surface area contributed by atoms with Crippen LogP contribution in [-0.2, 0) is 14.3 Å². The molecule has 7 nitrogen and oxygen atoms in total. The normalized spacial score (nSPS) is 11.1. The van der Waals surface area contributed by atoms with Crippen molar-refractivity contribution in [2.45, 2.75) is 13.0 Å². The lowest BCUT2D eigenvalue weighted by Gasteiger charge is -2.15. The highest BCUT2D eigenvalue weighted by Crippen LogP contribution is 2.16. The minimum Gasteiger partial charge on any atom is -0.440 e. The molecule has 0 aliphatic carbocycles. The smallest absolute Gasteiger partial charge is 0.405 e. The van der Waals surface area contributed by atoms with Crippen LogP contribution >= 0.6 is 0 Å². The van der Waals surface area contributed by atoms with Crippen molar-refractivity contribution in [1.82, 2.24) is 5.32 Å². The molecule has 1 aromatic carbocycles. The first kappa shape index (κ1) is 16.2. The fraction of sp³-hybridized carbons (Fsp3) is 0.214. The Morgan fingerprint density at radius 1 is 1.38 bits per heavy atom. The highest BCUT2D eigenvalue weighted by atomic mass is 16.5. The molecule has 0 aromatic heterocycles. The van der Waals surface area contributed by atoms with Crippen LogP contribution in [0.3, 0.4) is 0 Å². The maximum absolute atomic E-state index is 12.0. The van der Waals surface area contributed by atoms with Gasteiger partial charge < -0.3 is 21.1 Å².